The van der Waals surface area contributed by atoms with E-state index in [0.717, 1.165) is 19.3 Å². The fourth-order valence-corrected chi connectivity index (χ4v) is 7.06. The number of nitrogens with zero attached hydrogens (tertiary/aromatic N) is 1. The predicted molar refractivity (Wildman–Crippen MR) is 140 cm³/mol. The van der Waals surface area contributed by atoms with Crippen LogP contribution in [0.5, 0.6) is 0 Å². The van der Waals surface area contributed by atoms with Crippen molar-refractivity contribution in [2.24, 2.45) is 0 Å². The molecule has 6 aromatic rings. The number of rotatable bonds is 0. The minimum absolute atomic E-state index is 1.01. The van der Waals surface area contributed by atoms with Gasteiger partial charge in [-0.25, -0.2) is 0 Å². The van der Waals surface area contributed by atoms with E-state index >= 15 is 0 Å². The molecule has 34 heavy (non-hydrogen) atoms. The topological polar surface area (TPSA) is 4.93 Å². The third-order valence-electron chi connectivity index (χ3n) is 8.46. The number of benzene rings is 5. The lowest BCUT2D eigenvalue weighted by atomic mass is 9.90. The summed E-state index contributed by atoms with van der Waals surface area (Å²) < 4.78 is 2.61. The van der Waals surface area contributed by atoms with Gasteiger partial charge in [0.15, 0.2) is 0 Å². The molecule has 5 aromatic carbocycles. The molecule has 0 N–H and O–H groups in total. The van der Waals surface area contributed by atoms with Gasteiger partial charge in [-0.2, -0.15) is 0 Å². The van der Waals surface area contributed by atoms with Crippen molar-refractivity contribution >= 4 is 21.8 Å². The molecule has 0 atom stereocenters. The average Bonchev–Trinajstić information content (AvgIpc) is 3.55. The molecule has 0 spiro atoms. The molecule has 1 aliphatic heterocycles. The normalized spacial score (nSPS) is 14.1. The molecule has 2 heterocycles. The molecule has 3 aliphatic rings. The summed E-state index contributed by atoms with van der Waals surface area (Å²) in [7, 11) is 0. The third-order valence-corrected chi connectivity index (χ3v) is 8.46. The summed E-state index contributed by atoms with van der Waals surface area (Å²) in [4.78, 5) is 0. The maximum absolute atomic E-state index is 2.61. The second-order valence-corrected chi connectivity index (χ2v) is 10.1. The molecule has 0 unspecified atom stereocenters. The summed E-state index contributed by atoms with van der Waals surface area (Å²) in [5.41, 5.74) is 18.7. The van der Waals surface area contributed by atoms with Crippen molar-refractivity contribution in [3.63, 3.8) is 0 Å². The third kappa shape index (κ3) is 1.94. The highest BCUT2D eigenvalue weighted by atomic mass is 15.0. The summed E-state index contributed by atoms with van der Waals surface area (Å²) in [6, 6.07) is 34.3. The summed E-state index contributed by atoms with van der Waals surface area (Å²) in [6.07, 6.45) is 3.09. The quantitative estimate of drug-likeness (QED) is 0.231. The smallest absolute Gasteiger partial charge is 0.0622 e. The Morgan fingerprint density at radius 2 is 1.18 bits per heavy atom. The Balaban J connectivity index is 1.52. The van der Waals surface area contributed by atoms with Gasteiger partial charge < -0.3 is 4.57 Å². The molecule has 0 amide bonds. The summed E-state index contributed by atoms with van der Waals surface area (Å²) in [5.74, 6) is 0. The zero-order valence-electron chi connectivity index (χ0n) is 18.7. The van der Waals surface area contributed by atoms with Crippen molar-refractivity contribution in [2.75, 3.05) is 0 Å². The lowest BCUT2D eigenvalue weighted by molar-refractivity contribution is 1.02. The van der Waals surface area contributed by atoms with E-state index in [1.807, 2.05) is 0 Å². The van der Waals surface area contributed by atoms with Crippen LogP contribution in [0.3, 0.4) is 0 Å². The monoisotopic (exact) mass is 431 g/mol. The lowest BCUT2D eigenvalue weighted by Gasteiger charge is -2.23. The molecule has 0 saturated heterocycles. The molecule has 1 nitrogen and oxygen atoms in total. The van der Waals surface area contributed by atoms with Crippen LogP contribution in [-0.4, -0.2) is 4.57 Å². The van der Waals surface area contributed by atoms with Gasteiger partial charge in [0.25, 0.3) is 0 Å². The second-order valence-electron chi connectivity index (χ2n) is 10.1. The van der Waals surface area contributed by atoms with Crippen molar-refractivity contribution in [1.82, 2.24) is 4.57 Å². The molecular formula is C33H21N. The minimum Gasteiger partial charge on any atom is -0.308 e. The molecule has 2 aliphatic carbocycles. The van der Waals surface area contributed by atoms with Gasteiger partial charge in [-0.05, 0) is 75.0 Å². The highest BCUT2D eigenvalue weighted by Gasteiger charge is 2.32. The van der Waals surface area contributed by atoms with Crippen LogP contribution < -0.4 is 0 Å². The van der Waals surface area contributed by atoms with E-state index in [1.165, 1.54) is 83.1 Å². The zero-order valence-corrected chi connectivity index (χ0v) is 18.7. The molecule has 0 saturated carbocycles. The van der Waals surface area contributed by atoms with E-state index in [1.54, 1.807) is 0 Å². The van der Waals surface area contributed by atoms with Crippen LogP contribution in [0, 0.1) is 0 Å². The van der Waals surface area contributed by atoms with Crippen molar-refractivity contribution in [1.29, 1.82) is 0 Å². The van der Waals surface area contributed by atoms with Crippen LogP contribution in [0.2, 0.25) is 0 Å². The Morgan fingerprint density at radius 3 is 2.06 bits per heavy atom. The van der Waals surface area contributed by atoms with E-state index in [2.05, 4.69) is 95.6 Å². The minimum atomic E-state index is 1.01. The molecule has 158 valence electrons. The van der Waals surface area contributed by atoms with Gasteiger partial charge in [0, 0.05) is 28.4 Å². The van der Waals surface area contributed by atoms with Gasteiger partial charge >= 0.3 is 0 Å². The SMILES string of the molecule is c1ccc2c(c1)Cc1c-2cc2c3ccc4c(c3n3c2c1Cc1ccccc1-3)-c1ccccc1C4. The maximum Gasteiger partial charge on any atom is 0.0622 e. The van der Waals surface area contributed by atoms with E-state index in [0.29, 0.717) is 0 Å². The maximum atomic E-state index is 2.61. The Labute approximate surface area is 197 Å². The first-order chi connectivity index (χ1) is 16.9. The standard InChI is InChI=1S/C33H21N/c1-4-10-23-20(8-1)16-26-27(23)18-29-25-14-13-22-15-19-7-2-5-11-24(19)31(22)33(25)34-30-12-6-3-9-21(30)17-28(26)32(29)34/h1-14,18H,15-17H2. The number of hydrogen-bond donors (Lipinski definition) is 0. The lowest BCUT2D eigenvalue weighted by Crippen LogP contribution is -2.10. The second kappa shape index (κ2) is 5.87. The van der Waals surface area contributed by atoms with Crippen molar-refractivity contribution in [2.45, 2.75) is 19.3 Å². The highest BCUT2D eigenvalue weighted by Crippen LogP contribution is 2.51. The number of para-hydroxylation sites is 1. The summed E-state index contributed by atoms with van der Waals surface area (Å²) in [5, 5.41) is 2.79. The van der Waals surface area contributed by atoms with Crippen molar-refractivity contribution < 1.29 is 0 Å². The van der Waals surface area contributed by atoms with Crippen molar-refractivity contribution in [3.8, 4) is 27.9 Å². The van der Waals surface area contributed by atoms with E-state index in [9.17, 15) is 0 Å². The van der Waals surface area contributed by atoms with Gasteiger partial charge in [-0.15, -0.1) is 0 Å². The van der Waals surface area contributed by atoms with Gasteiger partial charge in [-0.1, -0.05) is 78.9 Å². The van der Waals surface area contributed by atoms with Crippen molar-refractivity contribution in [3.05, 3.63) is 124 Å². The molecule has 0 bridgehead atoms. The summed E-state index contributed by atoms with van der Waals surface area (Å²) >= 11 is 0. The molecule has 1 heteroatoms. The van der Waals surface area contributed by atoms with E-state index in [4.69, 9.17) is 0 Å². The largest absolute Gasteiger partial charge is 0.308 e. The van der Waals surface area contributed by atoms with Gasteiger partial charge in [0.1, 0.15) is 0 Å². The van der Waals surface area contributed by atoms with Gasteiger partial charge in [0.2, 0.25) is 0 Å². The van der Waals surface area contributed by atoms with Crippen LogP contribution in [0.1, 0.15) is 33.4 Å². The number of fused-ring (bicyclic) bond motifs is 13. The fraction of sp³-hybridized carbons (Fsp3) is 0.0909. The first-order valence-electron chi connectivity index (χ1n) is 12.3. The first kappa shape index (κ1) is 17.4. The number of aromatic nitrogens is 1. The van der Waals surface area contributed by atoms with Crippen LogP contribution in [0.4, 0.5) is 0 Å². The van der Waals surface area contributed by atoms with Gasteiger partial charge in [0.05, 0.1) is 11.0 Å². The summed E-state index contributed by atoms with van der Waals surface area (Å²) in [6.45, 7) is 0. The van der Waals surface area contributed by atoms with Crippen LogP contribution in [0.25, 0.3) is 49.7 Å². The number of hydrogen-bond acceptors (Lipinski definition) is 0. The molecule has 0 radical (unpaired) electrons. The van der Waals surface area contributed by atoms with E-state index < -0.39 is 0 Å². The Morgan fingerprint density at radius 1 is 0.471 bits per heavy atom. The molecule has 1 aromatic heterocycles. The Kier molecular flexibility index (Phi) is 3.00. The molecule has 9 rings (SSSR count). The highest BCUT2D eigenvalue weighted by molar-refractivity contribution is 6.18. The molecule has 0 fully saturated rings. The first-order valence-corrected chi connectivity index (χ1v) is 12.3. The van der Waals surface area contributed by atoms with Crippen LogP contribution >= 0.6 is 0 Å². The zero-order chi connectivity index (χ0) is 22.0. The van der Waals surface area contributed by atoms with Gasteiger partial charge in [-0.3, -0.25) is 0 Å². The van der Waals surface area contributed by atoms with Crippen LogP contribution in [0.15, 0.2) is 91.0 Å². The fourth-order valence-electron chi connectivity index (χ4n) is 7.06. The average molecular weight is 432 g/mol. The van der Waals surface area contributed by atoms with Crippen LogP contribution in [-0.2, 0) is 19.3 Å². The Hall–Kier alpha value is -4.10. The Bertz CT molecular complexity index is 1880. The molecular weight excluding hydrogens is 410 g/mol. The predicted octanol–water partition coefficient (Wildman–Crippen LogP) is 7.83. The van der Waals surface area contributed by atoms with E-state index in [-0.39, 0.29) is 0 Å².